The van der Waals surface area contributed by atoms with Gasteiger partial charge in [0.25, 0.3) is 0 Å². The van der Waals surface area contributed by atoms with Gasteiger partial charge in [-0.3, -0.25) is 0 Å². The number of nitrogens with zero attached hydrogens (tertiary/aromatic N) is 2. The second kappa shape index (κ2) is 8.21. The third kappa shape index (κ3) is 4.63. The topological polar surface area (TPSA) is 66.9 Å². The normalized spacial score (nSPS) is 11.7. The molecule has 0 radical (unpaired) electrons. The summed E-state index contributed by atoms with van der Waals surface area (Å²) in [5.74, 6) is 0. The molecule has 0 fully saturated rings. The van der Waals surface area contributed by atoms with E-state index < -0.39 is 0 Å². The zero-order valence-electron chi connectivity index (χ0n) is 13.1. The Morgan fingerprint density at radius 2 is 1.96 bits per heavy atom. The number of hydrogen-bond acceptors (Lipinski definition) is 4. The first-order valence-corrected chi connectivity index (χ1v) is 8.57. The van der Waals surface area contributed by atoms with E-state index in [1.807, 2.05) is 41.8 Å². The van der Waals surface area contributed by atoms with Crippen molar-refractivity contribution < 1.29 is 4.79 Å². The molecular formula is C18H18N4OS. The smallest absolute Gasteiger partial charge is 0.315 e. The Morgan fingerprint density at radius 1 is 1.08 bits per heavy atom. The van der Waals surface area contributed by atoms with Crippen LogP contribution in [0.25, 0.3) is 0 Å². The number of urea groups is 1. The van der Waals surface area contributed by atoms with E-state index in [1.54, 1.807) is 23.6 Å². The van der Waals surface area contributed by atoms with Crippen molar-refractivity contribution in [3.8, 4) is 0 Å². The molecule has 24 heavy (non-hydrogen) atoms. The van der Waals surface area contributed by atoms with Crippen molar-refractivity contribution in [1.29, 1.82) is 0 Å². The Kier molecular flexibility index (Phi) is 5.52. The minimum Gasteiger partial charge on any atom is -0.332 e. The van der Waals surface area contributed by atoms with E-state index >= 15 is 0 Å². The zero-order chi connectivity index (χ0) is 16.6. The number of hydrogen-bond donors (Lipinski definition) is 2. The summed E-state index contributed by atoms with van der Waals surface area (Å²) in [6.07, 6.45) is 2.36. The summed E-state index contributed by atoms with van der Waals surface area (Å²) in [6.45, 7) is 0.349. The Bertz CT molecular complexity index is 747. The Balaban J connectivity index is 1.62. The van der Waals surface area contributed by atoms with E-state index in [0.29, 0.717) is 6.54 Å². The standard InChI is InChI=1S/C18H18N4OS/c23-18(19-13-15-8-4-10-20-22-15)21-16(17-9-5-11-24-17)12-14-6-2-1-3-7-14/h1-11,16H,12-13H2,(H2,19,21,23). The molecule has 5 nitrogen and oxygen atoms in total. The molecule has 2 N–H and O–H groups in total. The third-order valence-electron chi connectivity index (χ3n) is 3.53. The van der Waals surface area contributed by atoms with Crippen molar-refractivity contribution in [2.45, 2.75) is 19.0 Å². The van der Waals surface area contributed by atoms with Gasteiger partial charge < -0.3 is 10.6 Å². The second-order valence-corrected chi connectivity index (χ2v) is 6.28. The molecule has 1 unspecified atom stereocenters. The lowest BCUT2D eigenvalue weighted by Gasteiger charge is -2.18. The number of thiophene rings is 1. The maximum absolute atomic E-state index is 12.2. The number of carbonyl (C=O) groups is 1. The van der Waals surface area contributed by atoms with Gasteiger partial charge in [0.1, 0.15) is 0 Å². The van der Waals surface area contributed by atoms with E-state index in [0.717, 1.165) is 17.0 Å². The van der Waals surface area contributed by atoms with Gasteiger partial charge in [0, 0.05) is 11.1 Å². The molecule has 0 aliphatic carbocycles. The first-order valence-electron chi connectivity index (χ1n) is 7.69. The SMILES string of the molecule is O=C(NCc1cccnn1)NC(Cc1ccccc1)c1cccs1. The van der Waals surface area contributed by atoms with Crippen LogP contribution in [0.2, 0.25) is 0 Å². The van der Waals surface area contributed by atoms with E-state index in [9.17, 15) is 4.79 Å². The molecule has 2 aromatic heterocycles. The van der Waals surface area contributed by atoms with Crippen LogP contribution in [0, 0.1) is 0 Å². The molecule has 0 saturated carbocycles. The van der Waals surface area contributed by atoms with Gasteiger partial charge in [-0.05, 0) is 35.6 Å². The van der Waals surface area contributed by atoms with Crippen LogP contribution in [0.15, 0.2) is 66.2 Å². The highest BCUT2D eigenvalue weighted by molar-refractivity contribution is 7.10. The molecule has 3 rings (SSSR count). The van der Waals surface area contributed by atoms with Crippen LogP contribution in [-0.2, 0) is 13.0 Å². The van der Waals surface area contributed by atoms with E-state index in [2.05, 4.69) is 33.0 Å². The fourth-order valence-electron chi connectivity index (χ4n) is 2.37. The van der Waals surface area contributed by atoms with Crippen LogP contribution in [0.5, 0.6) is 0 Å². The fraction of sp³-hybridized carbons (Fsp3) is 0.167. The van der Waals surface area contributed by atoms with Gasteiger partial charge in [-0.25, -0.2) is 4.79 Å². The van der Waals surface area contributed by atoms with Gasteiger partial charge in [0.2, 0.25) is 0 Å². The summed E-state index contributed by atoms with van der Waals surface area (Å²) >= 11 is 1.64. The molecule has 0 spiro atoms. The molecule has 2 amide bonds. The summed E-state index contributed by atoms with van der Waals surface area (Å²) < 4.78 is 0. The molecule has 0 aliphatic rings. The Hall–Kier alpha value is -2.73. The number of aromatic nitrogens is 2. The number of nitrogens with one attached hydrogen (secondary N) is 2. The van der Waals surface area contributed by atoms with E-state index in [-0.39, 0.29) is 12.1 Å². The summed E-state index contributed by atoms with van der Waals surface area (Å²) in [6, 6.07) is 17.5. The third-order valence-corrected chi connectivity index (χ3v) is 4.52. The maximum Gasteiger partial charge on any atom is 0.315 e. The fourth-order valence-corrected chi connectivity index (χ4v) is 3.15. The average Bonchev–Trinajstić information content (AvgIpc) is 3.16. The van der Waals surface area contributed by atoms with Gasteiger partial charge in [-0.2, -0.15) is 10.2 Å². The molecule has 3 aromatic rings. The Labute approximate surface area is 144 Å². The van der Waals surface area contributed by atoms with Crippen LogP contribution in [0.1, 0.15) is 22.2 Å². The predicted molar refractivity (Wildman–Crippen MR) is 94.6 cm³/mol. The molecule has 1 aromatic carbocycles. The van der Waals surface area contributed by atoms with Crippen molar-refractivity contribution >= 4 is 17.4 Å². The molecular weight excluding hydrogens is 320 g/mol. The molecule has 1 atom stereocenters. The molecule has 0 bridgehead atoms. The second-order valence-electron chi connectivity index (χ2n) is 5.30. The quantitative estimate of drug-likeness (QED) is 0.724. The highest BCUT2D eigenvalue weighted by atomic mass is 32.1. The summed E-state index contributed by atoms with van der Waals surface area (Å²) in [7, 11) is 0. The molecule has 122 valence electrons. The first kappa shape index (κ1) is 16.1. The molecule has 0 aliphatic heterocycles. The monoisotopic (exact) mass is 338 g/mol. The number of benzene rings is 1. The van der Waals surface area contributed by atoms with Gasteiger partial charge in [0.05, 0.1) is 18.3 Å². The van der Waals surface area contributed by atoms with Gasteiger partial charge in [0.15, 0.2) is 0 Å². The van der Waals surface area contributed by atoms with Gasteiger partial charge in [-0.1, -0.05) is 36.4 Å². The largest absolute Gasteiger partial charge is 0.332 e. The van der Waals surface area contributed by atoms with Crippen molar-refractivity contribution in [3.63, 3.8) is 0 Å². The molecule has 0 saturated heterocycles. The van der Waals surface area contributed by atoms with Gasteiger partial charge in [-0.15, -0.1) is 11.3 Å². The van der Waals surface area contributed by atoms with Crippen molar-refractivity contribution in [1.82, 2.24) is 20.8 Å². The zero-order valence-corrected chi connectivity index (χ0v) is 13.9. The van der Waals surface area contributed by atoms with Crippen LogP contribution in [-0.4, -0.2) is 16.2 Å². The van der Waals surface area contributed by atoms with Crippen LogP contribution >= 0.6 is 11.3 Å². The number of amides is 2. The minimum atomic E-state index is -0.213. The lowest BCUT2D eigenvalue weighted by atomic mass is 10.0. The van der Waals surface area contributed by atoms with Crippen LogP contribution in [0.4, 0.5) is 4.79 Å². The summed E-state index contributed by atoms with van der Waals surface area (Å²) in [5, 5.41) is 15.7. The summed E-state index contributed by atoms with van der Waals surface area (Å²) in [4.78, 5) is 13.4. The van der Waals surface area contributed by atoms with Crippen molar-refractivity contribution in [3.05, 3.63) is 82.3 Å². The first-order chi connectivity index (χ1) is 11.8. The maximum atomic E-state index is 12.2. The van der Waals surface area contributed by atoms with E-state index in [4.69, 9.17) is 0 Å². The summed E-state index contributed by atoms with van der Waals surface area (Å²) in [5.41, 5.74) is 1.91. The number of carbonyl (C=O) groups excluding carboxylic acids is 1. The Morgan fingerprint density at radius 3 is 2.67 bits per heavy atom. The van der Waals surface area contributed by atoms with E-state index in [1.165, 1.54) is 5.56 Å². The lowest BCUT2D eigenvalue weighted by molar-refractivity contribution is 0.236. The van der Waals surface area contributed by atoms with Gasteiger partial charge >= 0.3 is 6.03 Å². The molecule has 2 heterocycles. The highest BCUT2D eigenvalue weighted by Gasteiger charge is 2.16. The van der Waals surface area contributed by atoms with Crippen LogP contribution in [0.3, 0.4) is 0 Å². The highest BCUT2D eigenvalue weighted by Crippen LogP contribution is 2.22. The lowest BCUT2D eigenvalue weighted by Crippen LogP contribution is -2.38. The van der Waals surface area contributed by atoms with Crippen molar-refractivity contribution in [2.75, 3.05) is 0 Å². The predicted octanol–water partition coefficient (Wildman–Crippen LogP) is 3.32. The minimum absolute atomic E-state index is 0.0609. The average molecular weight is 338 g/mol. The van der Waals surface area contributed by atoms with Crippen LogP contribution < -0.4 is 10.6 Å². The van der Waals surface area contributed by atoms with Crippen molar-refractivity contribution in [2.24, 2.45) is 0 Å². The number of rotatable bonds is 6. The molecule has 6 heteroatoms.